The molecule has 6 nitrogen and oxygen atoms in total. The van der Waals surface area contributed by atoms with Gasteiger partial charge >= 0.3 is 195 Å². The molecule has 0 bridgehead atoms. The van der Waals surface area contributed by atoms with E-state index < -0.39 is 11.2 Å². The van der Waals surface area contributed by atoms with E-state index in [9.17, 15) is 9.59 Å². The number of esters is 1. The molecule has 7 heteroatoms. The van der Waals surface area contributed by atoms with E-state index in [1.54, 1.807) is 0 Å². The normalized spacial score (nSPS) is 11.9. The second kappa shape index (κ2) is 11.6. The number of rotatable bonds is 11. The number of carbonyl (C=O) groups excluding carboxylic acids is 2. The van der Waals surface area contributed by atoms with Crippen LogP contribution in [0.5, 0.6) is 5.75 Å². The van der Waals surface area contributed by atoms with E-state index in [1.807, 2.05) is 58.9 Å². The maximum atomic E-state index is 11.7. The molecule has 0 aliphatic rings. The molecule has 2 aromatic rings. The SMILES string of the molecule is CC(C)(C)OC(=O)COc1ccc([I-]c2ccc(CC(C)(C)OOCC=O)cc2)cc1. The van der Waals surface area contributed by atoms with E-state index in [0.29, 0.717) is 18.5 Å². The van der Waals surface area contributed by atoms with Gasteiger partial charge in [0.15, 0.2) is 0 Å². The van der Waals surface area contributed by atoms with Gasteiger partial charge in [-0.2, -0.15) is 0 Å². The molecule has 0 radical (unpaired) electrons. The predicted molar refractivity (Wildman–Crippen MR) is 113 cm³/mol. The Morgan fingerprint density at radius 2 is 1.52 bits per heavy atom. The summed E-state index contributed by atoms with van der Waals surface area (Å²) in [5, 5.41) is 0. The zero-order valence-electron chi connectivity index (χ0n) is 18.6. The van der Waals surface area contributed by atoms with Crippen molar-refractivity contribution in [3.8, 4) is 5.75 Å². The summed E-state index contributed by atoms with van der Waals surface area (Å²) in [5.74, 6) is 0.265. The first-order valence-corrected chi connectivity index (χ1v) is 12.1. The summed E-state index contributed by atoms with van der Waals surface area (Å²) in [6, 6.07) is 16.3. The van der Waals surface area contributed by atoms with Crippen molar-refractivity contribution in [2.45, 2.75) is 52.2 Å². The van der Waals surface area contributed by atoms with Crippen LogP contribution in [0, 0.1) is 7.14 Å². The zero-order valence-corrected chi connectivity index (χ0v) is 20.8. The fourth-order valence-electron chi connectivity index (χ4n) is 2.64. The number of carbonyl (C=O) groups is 2. The molecule has 0 aliphatic carbocycles. The summed E-state index contributed by atoms with van der Waals surface area (Å²) in [6.07, 6.45) is 1.34. The molecular weight excluding hydrogens is 511 g/mol. The second-order valence-corrected chi connectivity index (χ2v) is 11.6. The van der Waals surface area contributed by atoms with Crippen LogP contribution in [0.3, 0.4) is 0 Å². The van der Waals surface area contributed by atoms with Crippen molar-refractivity contribution in [3.05, 3.63) is 61.2 Å². The van der Waals surface area contributed by atoms with E-state index in [0.717, 1.165) is 5.56 Å². The van der Waals surface area contributed by atoms with Gasteiger partial charge in [0.1, 0.15) is 0 Å². The minimum absolute atomic E-state index is 0.0718. The number of aldehydes is 1. The first-order valence-electron chi connectivity index (χ1n) is 9.99. The average Bonchev–Trinajstić information content (AvgIpc) is 2.67. The van der Waals surface area contributed by atoms with Gasteiger partial charge in [-0.1, -0.05) is 0 Å². The average molecular weight is 541 g/mol. The van der Waals surface area contributed by atoms with Crippen LogP contribution in [-0.4, -0.2) is 36.7 Å². The molecule has 0 unspecified atom stereocenters. The van der Waals surface area contributed by atoms with Crippen LogP contribution in [0.4, 0.5) is 0 Å². The molecule has 0 heterocycles. The minimum atomic E-state index is -0.519. The Kier molecular flexibility index (Phi) is 9.46. The number of hydrogen-bond donors (Lipinski definition) is 0. The fourth-order valence-corrected chi connectivity index (χ4v) is 4.80. The Morgan fingerprint density at radius 3 is 2.06 bits per heavy atom. The number of halogens is 1. The van der Waals surface area contributed by atoms with Gasteiger partial charge in [-0.15, -0.1) is 0 Å². The molecule has 2 rings (SSSR count). The van der Waals surface area contributed by atoms with Gasteiger partial charge in [-0.05, 0) is 0 Å². The predicted octanol–water partition coefficient (Wildman–Crippen LogP) is 1.00. The van der Waals surface area contributed by atoms with Gasteiger partial charge in [0, 0.05) is 0 Å². The number of benzene rings is 2. The van der Waals surface area contributed by atoms with Crippen LogP contribution in [0.1, 0.15) is 40.2 Å². The third-order valence-corrected chi connectivity index (χ3v) is 6.46. The molecule has 0 amide bonds. The third-order valence-electron chi connectivity index (χ3n) is 3.77. The summed E-state index contributed by atoms with van der Waals surface area (Å²) in [4.78, 5) is 32.3. The quantitative estimate of drug-likeness (QED) is 0.106. The molecule has 0 aromatic heterocycles. The molecule has 0 spiro atoms. The number of hydrogen-bond acceptors (Lipinski definition) is 6. The van der Waals surface area contributed by atoms with Crippen molar-refractivity contribution >= 4 is 12.3 Å². The molecule has 170 valence electrons. The van der Waals surface area contributed by atoms with Crippen molar-refractivity contribution in [1.82, 2.24) is 0 Å². The Labute approximate surface area is 194 Å². The molecule has 0 saturated heterocycles. The Bertz CT molecular complexity index is 838. The molecule has 0 saturated carbocycles. The van der Waals surface area contributed by atoms with E-state index in [4.69, 9.17) is 19.2 Å². The maximum absolute atomic E-state index is 11.7. The van der Waals surface area contributed by atoms with Crippen molar-refractivity contribution in [3.63, 3.8) is 0 Å². The van der Waals surface area contributed by atoms with Crippen molar-refractivity contribution in [2.24, 2.45) is 0 Å². The monoisotopic (exact) mass is 541 g/mol. The van der Waals surface area contributed by atoms with Gasteiger partial charge in [0.05, 0.1) is 0 Å². The topological polar surface area (TPSA) is 71.1 Å². The third kappa shape index (κ3) is 10.3. The van der Waals surface area contributed by atoms with Crippen LogP contribution in [0.15, 0.2) is 48.5 Å². The molecule has 0 atom stereocenters. The van der Waals surface area contributed by atoms with Gasteiger partial charge in [0.2, 0.25) is 0 Å². The summed E-state index contributed by atoms with van der Waals surface area (Å²) < 4.78 is 13.3. The van der Waals surface area contributed by atoms with Gasteiger partial charge < -0.3 is 0 Å². The van der Waals surface area contributed by atoms with Crippen molar-refractivity contribution in [1.29, 1.82) is 0 Å². The Balaban J connectivity index is 1.85. The first-order chi connectivity index (χ1) is 14.6. The van der Waals surface area contributed by atoms with E-state index >= 15 is 0 Å². The summed E-state index contributed by atoms with van der Waals surface area (Å²) in [7, 11) is 0. The van der Waals surface area contributed by atoms with Crippen LogP contribution in [-0.2, 0) is 30.5 Å². The van der Waals surface area contributed by atoms with Crippen LogP contribution in [0.2, 0.25) is 0 Å². The summed E-state index contributed by atoms with van der Waals surface area (Å²) in [5.41, 5.74) is 0.102. The first kappa shape index (κ1) is 25.3. The van der Waals surface area contributed by atoms with Crippen LogP contribution in [0.25, 0.3) is 0 Å². The van der Waals surface area contributed by atoms with Crippen LogP contribution >= 0.6 is 0 Å². The van der Waals surface area contributed by atoms with Crippen LogP contribution < -0.4 is 25.9 Å². The van der Waals surface area contributed by atoms with Crippen molar-refractivity contribution < 1.29 is 50.0 Å². The standard InChI is InChI=1S/C24H30IO6/c1-23(2,3)30-22(27)17-28-21-12-10-20(11-13-21)25-19-8-6-18(7-9-19)16-24(4,5)31-29-15-14-26/h6-14H,15-17H2,1-5H3/q-1. The van der Waals surface area contributed by atoms with E-state index in [1.165, 1.54) is 7.14 Å². The second-order valence-electron chi connectivity index (χ2n) is 8.52. The van der Waals surface area contributed by atoms with E-state index in [2.05, 4.69) is 24.3 Å². The van der Waals surface area contributed by atoms with Gasteiger partial charge in [-0.25, -0.2) is 0 Å². The van der Waals surface area contributed by atoms with Gasteiger partial charge in [-0.3, -0.25) is 0 Å². The zero-order chi connectivity index (χ0) is 22.9. The summed E-state index contributed by atoms with van der Waals surface area (Å²) >= 11 is -0.327. The molecular formula is C24H30IO6-. The van der Waals surface area contributed by atoms with Gasteiger partial charge in [0.25, 0.3) is 0 Å². The molecule has 0 fully saturated rings. The molecule has 0 N–H and O–H groups in total. The number of ether oxygens (including phenoxy) is 2. The van der Waals surface area contributed by atoms with Crippen molar-refractivity contribution in [2.75, 3.05) is 13.2 Å². The molecule has 0 aliphatic heterocycles. The summed E-state index contributed by atoms with van der Waals surface area (Å²) in [6.45, 7) is 9.15. The Morgan fingerprint density at radius 1 is 0.935 bits per heavy atom. The molecule has 2 aromatic carbocycles. The molecule has 31 heavy (non-hydrogen) atoms. The Hall–Kier alpha value is -1.97. The fraction of sp³-hybridized carbons (Fsp3) is 0.417. The van der Waals surface area contributed by atoms with E-state index in [-0.39, 0.29) is 40.4 Å².